The Hall–Kier alpha value is -1.30. The van der Waals surface area contributed by atoms with E-state index in [9.17, 15) is 4.79 Å². The molecule has 1 N–H and O–H groups in total. The summed E-state index contributed by atoms with van der Waals surface area (Å²) in [7, 11) is 3.67. The standard InChI is InChI=1S/C17H32N4O2/c1-4-18-17(19-12-14-6-5-9-20(2)13-14)21-10-7-15(8-11-21)16(22)23-3/h14-15H,4-13H2,1-3H3,(H,18,19). The first-order valence-electron chi connectivity index (χ1n) is 8.93. The van der Waals surface area contributed by atoms with Crippen LogP contribution in [0.5, 0.6) is 0 Å². The summed E-state index contributed by atoms with van der Waals surface area (Å²) in [5.41, 5.74) is 0. The van der Waals surface area contributed by atoms with Crippen LogP contribution in [0.4, 0.5) is 0 Å². The molecule has 0 aromatic heterocycles. The summed E-state index contributed by atoms with van der Waals surface area (Å²) < 4.78 is 4.86. The summed E-state index contributed by atoms with van der Waals surface area (Å²) >= 11 is 0. The number of likely N-dealkylation sites (tertiary alicyclic amines) is 2. The lowest BCUT2D eigenvalue weighted by molar-refractivity contribution is -0.146. The molecule has 2 aliphatic heterocycles. The third kappa shape index (κ3) is 5.37. The molecule has 0 spiro atoms. The van der Waals surface area contributed by atoms with E-state index in [0.29, 0.717) is 5.92 Å². The molecule has 2 saturated heterocycles. The molecule has 23 heavy (non-hydrogen) atoms. The van der Waals surface area contributed by atoms with Crippen molar-refractivity contribution in [2.75, 3.05) is 53.4 Å². The molecule has 2 fully saturated rings. The third-order valence-electron chi connectivity index (χ3n) is 4.89. The zero-order valence-electron chi connectivity index (χ0n) is 14.9. The molecule has 6 heteroatoms. The average molecular weight is 324 g/mol. The monoisotopic (exact) mass is 324 g/mol. The number of piperidine rings is 2. The van der Waals surface area contributed by atoms with Crippen molar-refractivity contribution in [3.8, 4) is 0 Å². The molecule has 0 aliphatic carbocycles. The highest BCUT2D eigenvalue weighted by molar-refractivity contribution is 5.80. The average Bonchev–Trinajstić information content (AvgIpc) is 2.58. The number of carbonyl (C=O) groups excluding carboxylic acids is 1. The van der Waals surface area contributed by atoms with Crippen molar-refractivity contribution in [3.63, 3.8) is 0 Å². The predicted octanol–water partition coefficient (Wildman–Crippen LogP) is 1.18. The van der Waals surface area contributed by atoms with Crippen molar-refractivity contribution in [1.29, 1.82) is 0 Å². The Morgan fingerprint density at radius 2 is 2.00 bits per heavy atom. The van der Waals surface area contributed by atoms with Gasteiger partial charge in [-0.25, -0.2) is 0 Å². The molecular formula is C17H32N4O2. The minimum Gasteiger partial charge on any atom is -0.469 e. The van der Waals surface area contributed by atoms with Crippen LogP contribution in [0.25, 0.3) is 0 Å². The first-order valence-corrected chi connectivity index (χ1v) is 8.93. The molecular weight excluding hydrogens is 292 g/mol. The first kappa shape index (κ1) is 18.0. The van der Waals surface area contributed by atoms with Gasteiger partial charge in [0.05, 0.1) is 13.0 Å². The van der Waals surface area contributed by atoms with Crippen LogP contribution in [0.1, 0.15) is 32.6 Å². The minimum absolute atomic E-state index is 0.0473. The van der Waals surface area contributed by atoms with Crippen LogP contribution < -0.4 is 5.32 Å². The summed E-state index contributed by atoms with van der Waals surface area (Å²) in [6, 6.07) is 0. The van der Waals surface area contributed by atoms with E-state index >= 15 is 0 Å². The zero-order chi connectivity index (χ0) is 16.7. The second-order valence-electron chi connectivity index (χ2n) is 6.75. The van der Waals surface area contributed by atoms with Gasteiger partial charge in [-0.3, -0.25) is 9.79 Å². The Morgan fingerprint density at radius 3 is 2.61 bits per heavy atom. The van der Waals surface area contributed by atoms with Gasteiger partial charge in [0.1, 0.15) is 0 Å². The number of rotatable bonds is 4. The number of nitrogens with one attached hydrogen (secondary N) is 1. The quantitative estimate of drug-likeness (QED) is 0.478. The maximum Gasteiger partial charge on any atom is 0.308 e. The van der Waals surface area contributed by atoms with Gasteiger partial charge in [-0.1, -0.05) is 0 Å². The van der Waals surface area contributed by atoms with Gasteiger partial charge < -0.3 is 19.9 Å². The van der Waals surface area contributed by atoms with Gasteiger partial charge in [0.15, 0.2) is 5.96 Å². The van der Waals surface area contributed by atoms with E-state index in [1.54, 1.807) is 0 Å². The Bertz CT molecular complexity index is 405. The van der Waals surface area contributed by atoms with Crippen LogP contribution in [0.2, 0.25) is 0 Å². The van der Waals surface area contributed by atoms with Crippen LogP contribution in [-0.2, 0) is 9.53 Å². The van der Waals surface area contributed by atoms with Crippen LogP contribution in [0.15, 0.2) is 4.99 Å². The summed E-state index contributed by atoms with van der Waals surface area (Å²) in [6.07, 6.45) is 4.25. The number of esters is 1. The predicted molar refractivity (Wildman–Crippen MR) is 92.5 cm³/mol. The van der Waals surface area contributed by atoms with Gasteiger partial charge in [-0.05, 0) is 52.1 Å². The van der Waals surface area contributed by atoms with E-state index in [1.165, 1.54) is 26.5 Å². The number of hydrogen-bond acceptors (Lipinski definition) is 4. The van der Waals surface area contributed by atoms with Crippen molar-refractivity contribution < 1.29 is 9.53 Å². The van der Waals surface area contributed by atoms with E-state index in [1.807, 2.05) is 0 Å². The number of nitrogens with zero attached hydrogens (tertiary/aromatic N) is 3. The SMILES string of the molecule is CCNC(=NCC1CCCN(C)C1)N1CCC(C(=O)OC)CC1. The lowest BCUT2D eigenvalue weighted by atomic mass is 9.97. The highest BCUT2D eigenvalue weighted by Gasteiger charge is 2.27. The minimum atomic E-state index is -0.0724. The summed E-state index contributed by atoms with van der Waals surface area (Å²) in [5.74, 6) is 1.64. The molecule has 6 nitrogen and oxygen atoms in total. The first-order chi connectivity index (χ1) is 11.1. The van der Waals surface area contributed by atoms with Crippen molar-refractivity contribution in [2.45, 2.75) is 32.6 Å². The molecule has 0 saturated carbocycles. The fourth-order valence-electron chi connectivity index (χ4n) is 3.56. The van der Waals surface area contributed by atoms with Gasteiger partial charge in [-0.15, -0.1) is 0 Å². The number of aliphatic imine (C=N–C) groups is 1. The molecule has 0 amide bonds. The molecule has 2 rings (SSSR count). The smallest absolute Gasteiger partial charge is 0.308 e. The number of carbonyl (C=O) groups is 1. The van der Waals surface area contributed by atoms with Crippen LogP contribution in [0, 0.1) is 11.8 Å². The van der Waals surface area contributed by atoms with Gasteiger partial charge in [0, 0.05) is 32.7 Å². The second-order valence-corrected chi connectivity index (χ2v) is 6.75. The number of ether oxygens (including phenoxy) is 1. The highest BCUT2D eigenvalue weighted by atomic mass is 16.5. The fraction of sp³-hybridized carbons (Fsp3) is 0.882. The number of guanidine groups is 1. The van der Waals surface area contributed by atoms with Crippen LogP contribution >= 0.6 is 0 Å². The van der Waals surface area contributed by atoms with Crippen LogP contribution in [-0.4, -0.2) is 75.2 Å². The van der Waals surface area contributed by atoms with E-state index in [2.05, 4.69) is 29.1 Å². The van der Waals surface area contributed by atoms with Gasteiger partial charge >= 0.3 is 5.97 Å². The summed E-state index contributed by atoms with van der Waals surface area (Å²) in [4.78, 5) is 21.2. The molecule has 0 bridgehead atoms. The molecule has 0 aromatic rings. The Morgan fingerprint density at radius 1 is 1.26 bits per heavy atom. The molecule has 0 aromatic carbocycles. The third-order valence-corrected chi connectivity index (χ3v) is 4.89. The van der Waals surface area contributed by atoms with E-state index < -0.39 is 0 Å². The maximum absolute atomic E-state index is 11.6. The van der Waals surface area contributed by atoms with Crippen LogP contribution in [0.3, 0.4) is 0 Å². The van der Waals surface area contributed by atoms with Gasteiger partial charge in [-0.2, -0.15) is 0 Å². The molecule has 2 aliphatic rings. The van der Waals surface area contributed by atoms with E-state index in [4.69, 9.17) is 9.73 Å². The molecule has 132 valence electrons. The lowest BCUT2D eigenvalue weighted by Gasteiger charge is -2.34. The molecule has 0 radical (unpaired) electrons. The highest BCUT2D eigenvalue weighted by Crippen LogP contribution is 2.19. The van der Waals surface area contributed by atoms with Crippen molar-refractivity contribution in [1.82, 2.24) is 15.1 Å². The number of methoxy groups -OCH3 is 1. The van der Waals surface area contributed by atoms with Crippen molar-refractivity contribution in [3.05, 3.63) is 0 Å². The Labute approximate surface area is 140 Å². The maximum atomic E-state index is 11.6. The molecule has 1 atom stereocenters. The van der Waals surface area contributed by atoms with E-state index in [-0.39, 0.29) is 11.9 Å². The summed E-state index contributed by atoms with van der Waals surface area (Å²) in [6.45, 7) is 7.97. The topological polar surface area (TPSA) is 57.2 Å². The normalized spacial score (nSPS) is 24.6. The Kier molecular flexibility index (Phi) is 7.15. The Balaban J connectivity index is 1.88. The van der Waals surface area contributed by atoms with Crippen molar-refractivity contribution >= 4 is 11.9 Å². The van der Waals surface area contributed by atoms with Gasteiger partial charge in [0.25, 0.3) is 0 Å². The zero-order valence-corrected chi connectivity index (χ0v) is 14.9. The number of hydrogen-bond donors (Lipinski definition) is 1. The van der Waals surface area contributed by atoms with Gasteiger partial charge in [0.2, 0.25) is 0 Å². The summed E-state index contributed by atoms with van der Waals surface area (Å²) in [5, 5.41) is 3.41. The molecule has 1 unspecified atom stereocenters. The second kappa shape index (κ2) is 9.11. The van der Waals surface area contributed by atoms with E-state index in [0.717, 1.165) is 51.5 Å². The molecule has 2 heterocycles. The van der Waals surface area contributed by atoms with Crippen molar-refractivity contribution in [2.24, 2.45) is 16.8 Å². The largest absolute Gasteiger partial charge is 0.469 e. The lowest BCUT2D eigenvalue weighted by Crippen LogP contribution is -2.47. The fourth-order valence-corrected chi connectivity index (χ4v) is 3.56.